The lowest BCUT2D eigenvalue weighted by Crippen LogP contribution is -2.46. The quantitative estimate of drug-likeness (QED) is 0.848. The second kappa shape index (κ2) is 7.33. The smallest absolute Gasteiger partial charge is 0.273 e. The predicted molar refractivity (Wildman–Crippen MR) is 102 cm³/mol. The molecule has 2 fully saturated rings. The molecule has 1 amide bonds. The van der Waals surface area contributed by atoms with Gasteiger partial charge in [0, 0.05) is 50.3 Å². The lowest BCUT2D eigenvalue weighted by Gasteiger charge is -2.40. The zero-order valence-electron chi connectivity index (χ0n) is 15.5. The van der Waals surface area contributed by atoms with Crippen LogP contribution >= 0.6 is 0 Å². The van der Waals surface area contributed by atoms with E-state index in [4.69, 9.17) is 4.74 Å². The molecule has 1 aromatic heterocycles. The number of nitrogens with zero attached hydrogens (tertiary/aromatic N) is 3. The van der Waals surface area contributed by atoms with Gasteiger partial charge in [-0.15, -0.1) is 0 Å². The van der Waals surface area contributed by atoms with Gasteiger partial charge in [-0.1, -0.05) is 24.3 Å². The fourth-order valence-electron chi connectivity index (χ4n) is 4.60. The molecule has 138 valence electrons. The number of carbonyl (C=O) groups excluding carboxylic acids is 1. The molecule has 5 heteroatoms. The van der Waals surface area contributed by atoms with E-state index < -0.39 is 0 Å². The van der Waals surface area contributed by atoms with Crippen LogP contribution < -0.4 is 0 Å². The monoisotopic (exact) mass is 353 g/mol. The van der Waals surface area contributed by atoms with Crippen molar-refractivity contribution in [3.8, 4) is 0 Å². The first-order chi connectivity index (χ1) is 12.7. The van der Waals surface area contributed by atoms with E-state index in [1.165, 1.54) is 12.8 Å². The molecule has 0 aliphatic carbocycles. The highest BCUT2D eigenvalue weighted by Gasteiger charge is 2.43. The second-order valence-corrected chi connectivity index (χ2v) is 7.73. The standard InChI is InChI=1S/C21H27N3O2/c1-26-14-13-23-11-4-8-21(15-23)9-12-24(16-21)20(25)19-18-6-3-2-5-17(18)7-10-22-19/h2-3,5-7,10H,4,8-9,11-16H2,1H3/t21-/m0/s1. The van der Waals surface area contributed by atoms with Crippen LogP contribution in [0, 0.1) is 5.41 Å². The van der Waals surface area contributed by atoms with Crippen molar-refractivity contribution in [1.29, 1.82) is 0 Å². The summed E-state index contributed by atoms with van der Waals surface area (Å²) in [6, 6.07) is 9.97. The molecule has 3 heterocycles. The van der Waals surface area contributed by atoms with Crippen LogP contribution in [0.2, 0.25) is 0 Å². The van der Waals surface area contributed by atoms with Crippen LogP contribution in [0.1, 0.15) is 29.8 Å². The average Bonchev–Trinajstić information content (AvgIpc) is 3.08. The third kappa shape index (κ3) is 3.33. The number of hydrogen-bond acceptors (Lipinski definition) is 4. The summed E-state index contributed by atoms with van der Waals surface area (Å²) < 4.78 is 5.24. The Hall–Kier alpha value is -1.98. The topological polar surface area (TPSA) is 45.7 Å². The minimum absolute atomic E-state index is 0.0766. The molecule has 1 spiro atoms. The van der Waals surface area contributed by atoms with Gasteiger partial charge in [-0.05, 0) is 37.3 Å². The van der Waals surface area contributed by atoms with Crippen LogP contribution in [0.15, 0.2) is 36.5 Å². The molecule has 0 saturated carbocycles. The molecule has 2 aliphatic heterocycles. The fourth-order valence-corrected chi connectivity index (χ4v) is 4.60. The molecule has 26 heavy (non-hydrogen) atoms. The zero-order valence-corrected chi connectivity index (χ0v) is 15.5. The molecule has 2 aliphatic rings. The lowest BCUT2D eigenvalue weighted by atomic mass is 9.79. The second-order valence-electron chi connectivity index (χ2n) is 7.73. The summed E-state index contributed by atoms with van der Waals surface area (Å²) in [4.78, 5) is 22.1. The van der Waals surface area contributed by atoms with Crippen molar-refractivity contribution in [3.63, 3.8) is 0 Å². The summed E-state index contributed by atoms with van der Waals surface area (Å²) in [7, 11) is 1.76. The van der Waals surface area contributed by atoms with Crippen LogP contribution in [0.25, 0.3) is 10.8 Å². The van der Waals surface area contributed by atoms with E-state index in [1.54, 1.807) is 13.3 Å². The Morgan fingerprint density at radius 1 is 1.19 bits per heavy atom. The first-order valence-corrected chi connectivity index (χ1v) is 9.55. The number of aromatic nitrogens is 1. The highest BCUT2D eigenvalue weighted by molar-refractivity contribution is 6.05. The highest BCUT2D eigenvalue weighted by atomic mass is 16.5. The molecule has 0 unspecified atom stereocenters. The van der Waals surface area contributed by atoms with Gasteiger partial charge < -0.3 is 14.5 Å². The van der Waals surface area contributed by atoms with Gasteiger partial charge in [0.15, 0.2) is 0 Å². The number of rotatable bonds is 4. The van der Waals surface area contributed by atoms with Crippen molar-refractivity contribution in [2.24, 2.45) is 5.41 Å². The van der Waals surface area contributed by atoms with Crippen LogP contribution in [0.5, 0.6) is 0 Å². The number of hydrogen-bond donors (Lipinski definition) is 0. The highest BCUT2D eigenvalue weighted by Crippen LogP contribution is 2.39. The van der Waals surface area contributed by atoms with Gasteiger partial charge >= 0.3 is 0 Å². The Labute approximate surface area is 154 Å². The van der Waals surface area contributed by atoms with Crippen molar-refractivity contribution < 1.29 is 9.53 Å². The molecule has 0 N–H and O–H groups in total. The number of carbonyl (C=O) groups is 1. The molecule has 0 bridgehead atoms. The van der Waals surface area contributed by atoms with Gasteiger partial charge in [0.1, 0.15) is 5.69 Å². The van der Waals surface area contributed by atoms with Crippen molar-refractivity contribution in [1.82, 2.24) is 14.8 Å². The molecule has 5 nitrogen and oxygen atoms in total. The maximum Gasteiger partial charge on any atom is 0.273 e. The van der Waals surface area contributed by atoms with E-state index in [0.717, 1.165) is 56.5 Å². The minimum Gasteiger partial charge on any atom is -0.383 e. The Kier molecular flexibility index (Phi) is 4.92. The summed E-state index contributed by atoms with van der Waals surface area (Å²) in [6.07, 6.45) is 5.25. The number of benzene rings is 1. The Bertz CT molecular complexity index is 788. The van der Waals surface area contributed by atoms with E-state index in [1.807, 2.05) is 35.2 Å². The summed E-state index contributed by atoms with van der Waals surface area (Å²) in [6.45, 7) is 5.66. The average molecular weight is 353 g/mol. The van der Waals surface area contributed by atoms with Crippen molar-refractivity contribution >= 4 is 16.7 Å². The Morgan fingerprint density at radius 3 is 2.96 bits per heavy atom. The summed E-state index contributed by atoms with van der Waals surface area (Å²) in [5.41, 5.74) is 0.832. The predicted octanol–water partition coefficient (Wildman–Crippen LogP) is 2.81. The van der Waals surface area contributed by atoms with E-state index >= 15 is 0 Å². The normalized spacial score (nSPS) is 23.8. The largest absolute Gasteiger partial charge is 0.383 e. The number of fused-ring (bicyclic) bond motifs is 1. The summed E-state index contributed by atoms with van der Waals surface area (Å²) in [5.74, 6) is 0.0766. The third-order valence-electron chi connectivity index (χ3n) is 5.95. The number of pyridine rings is 1. The lowest BCUT2D eigenvalue weighted by molar-refractivity contribution is 0.0599. The number of amides is 1. The molecule has 1 atom stereocenters. The van der Waals surface area contributed by atoms with Crippen LogP contribution in [0.4, 0.5) is 0 Å². The molecular formula is C21H27N3O2. The molecule has 2 saturated heterocycles. The number of likely N-dealkylation sites (tertiary alicyclic amines) is 2. The van der Waals surface area contributed by atoms with E-state index in [0.29, 0.717) is 5.69 Å². The van der Waals surface area contributed by atoms with E-state index in [9.17, 15) is 4.79 Å². The SMILES string of the molecule is COCCN1CCC[C@]2(CCN(C(=O)c3nccc4ccccc34)C2)C1. The van der Waals surface area contributed by atoms with E-state index in [-0.39, 0.29) is 11.3 Å². The third-order valence-corrected chi connectivity index (χ3v) is 5.95. The maximum atomic E-state index is 13.2. The van der Waals surface area contributed by atoms with Gasteiger partial charge in [0.05, 0.1) is 6.61 Å². The van der Waals surface area contributed by atoms with Crippen molar-refractivity contribution in [3.05, 3.63) is 42.2 Å². The molecular weight excluding hydrogens is 326 g/mol. The number of methoxy groups -OCH3 is 1. The van der Waals surface area contributed by atoms with Crippen LogP contribution in [0.3, 0.4) is 0 Å². The first-order valence-electron chi connectivity index (χ1n) is 9.55. The summed E-state index contributed by atoms with van der Waals surface area (Å²) in [5, 5.41) is 2.02. The van der Waals surface area contributed by atoms with Crippen LogP contribution in [-0.4, -0.2) is 67.1 Å². The van der Waals surface area contributed by atoms with Crippen LogP contribution in [-0.2, 0) is 4.74 Å². The zero-order chi connectivity index (χ0) is 18.0. The van der Waals surface area contributed by atoms with Crippen molar-refractivity contribution in [2.75, 3.05) is 46.4 Å². The van der Waals surface area contributed by atoms with Gasteiger partial charge in [0.25, 0.3) is 5.91 Å². The number of piperidine rings is 1. The minimum atomic E-state index is 0.0766. The number of ether oxygens (including phenoxy) is 1. The Balaban J connectivity index is 1.50. The first kappa shape index (κ1) is 17.4. The fraction of sp³-hybridized carbons (Fsp3) is 0.524. The molecule has 1 aromatic carbocycles. The summed E-state index contributed by atoms with van der Waals surface area (Å²) >= 11 is 0. The maximum absolute atomic E-state index is 13.2. The molecule has 0 radical (unpaired) electrons. The van der Waals surface area contributed by atoms with Gasteiger partial charge in [-0.2, -0.15) is 0 Å². The van der Waals surface area contributed by atoms with E-state index in [2.05, 4.69) is 9.88 Å². The Morgan fingerprint density at radius 2 is 2.08 bits per heavy atom. The van der Waals surface area contributed by atoms with Gasteiger partial charge in [-0.25, -0.2) is 0 Å². The molecule has 2 aromatic rings. The molecule has 4 rings (SSSR count). The van der Waals surface area contributed by atoms with Gasteiger partial charge in [-0.3, -0.25) is 9.78 Å². The van der Waals surface area contributed by atoms with Gasteiger partial charge in [0.2, 0.25) is 0 Å². The van der Waals surface area contributed by atoms with Crippen molar-refractivity contribution in [2.45, 2.75) is 19.3 Å².